The third kappa shape index (κ3) is 2.80. The van der Waals surface area contributed by atoms with Gasteiger partial charge in [-0.2, -0.15) is 0 Å². The molecule has 0 radical (unpaired) electrons. The topological polar surface area (TPSA) is 20.7 Å². The molecule has 3 rings (SSSR count). The van der Waals surface area contributed by atoms with Crippen molar-refractivity contribution in [3.8, 4) is 5.69 Å². The predicted octanol–water partition coefficient (Wildman–Crippen LogP) is 7.03. The molecule has 0 spiro atoms. The molecule has 0 atom stereocenters. The molecule has 3 aromatic rings. The van der Waals surface area contributed by atoms with Crippen molar-refractivity contribution in [1.29, 1.82) is 0 Å². The van der Waals surface area contributed by atoms with Gasteiger partial charge in [0.15, 0.2) is 4.77 Å². The Balaban J connectivity index is 2.42. The van der Waals surface area contributed by atoms with Gasteiger partial charge in [-0.15, -0.1) is 0 Å². The molecule has 22 heavy (non-hydrogen) atoms. The predicted molar refractivity (Wildman–Crippen MR) is 99.3 cm³/mol. The summed E-state index contributed by atoms with van der Waals surface area (Å²) in [6.45, 7) is 0. The fourth-order valence-corrected chi connectivity index (χ4v) is 3.65. The van der Waals surface area contributed by atoms with Crippen LogP contribution in [0.25, 0.3) is 16.6 Å². The lowest BCUT2D eigenvalue weighted by molar-refractivity contribution is 0.967. The highest BCUT2D eigenvalue weighted by Crippen LogP contribution is 2.30. The summed E-state index contributed by atoms with van der Waals surface area (Å²) < 4.78 is 2.57. The van der Waals surface area contributed by atoms with E-state index in [0.717, 1.165) is 0 Å². The SMILES string of the molecule is S=c1[nH]c2c(Cl)cc(Cl)cc2c(=S)n1-c1ccc(Cl)c(Cl)c1. The number of nitrogens with one attached hydrogen (secondary N) is 1. The van der Waals surface area contributed by atoms with Gasteiger partial charge in [-0.1, -0.05) is 58.6 Å². The van der Waals surface area contributed by atoms with Gasteiger partial charge >= 0.3 is 0 Å². The summed E-state index contributed by atoms with van der Waals surface area (Å²) in [6, 6.07) is 8.54. The van der Waals surface area contributed by atoms with Gasteiger partial charge in [-0.05, 0) is 42.5 Å². The molecule has 0 saturated carbocycles. The molecule has 1 heterocycles. The number of rotatable bonds is 1. The maximum Gasteiger partial charge on any atom is 0.183 e. The average molecular weight is 408 g/mol. The van der Waals surface area contributed by atoms with Gasteiger partial charge in [0, 0.05) is 10.4 Å². The first kappa shape index (κ1) is 16.2. The van der Waals surface area contributed by atoms with Gasteiger partial charge in [0.25, 0.3) is 0 Å². The van der Waals surface area contributed by atoms with Gasteiger partial charge < -0.3 is 4.98 Å². The van der Waals surface area contributed by atoms with Crippen LogP contribution in [-0.4, -0.2) is 9.55 Å². The number of hydrogen-bond acceptors (Lipinski definition) is 2. The molecular formula is C14H6Cl4N2S2. The summed E-state index contributed by atoms with van der Waals surface area (Å²) in [5.74, 6) is 0. The number of benzene rings is 2. The summed E-state index contributed by atoms with van der Waals surface area (Å²) in [4.78, 5) is 3.07. The minimum atomic E-state index is 0.403. The van der Waals surface area contributed by atoms with E-state index in [1.165, 1.54) is 0 Å². The zero-order valence-electron chi connectivity index (χ0n) is 10.7. The summed E-state index contributed by atoms with van der Waals surface area (Å²) in [5, 5.41) is 2.53. The van der Waals surface area contributed by atoms with Gasteiger partial charge in [0.2, 0.25) is 0 Å². The Hall–Kier alpha value is -0.620. The second kappa shape index (κ2) is 6.11. The van der Waals surface area contributed by atoms with Crippen LogP contribution in [0, 0.1) is 9.41 Å². The second-order valence-electron chi connectivity index (χ2n) is 4.48. The van der Waals surface area contributed by atoms with Gasteiger partial charge in [-0.25, -0.2) is 0 Å². The van der Waals surface area contributed by atoms with Crippen molar-refractivity contribution in [1.82, 2.24) is 9.55 Å². The fraction of sp³-hybridized carbons (Fsp3) is 0. The van der Waals surface area contributed by atoms with Crippen molar-refractivity contribution in [2.24, 2.45) is 0 Å². The summed E-state index contributed by atoms with van der Waals surface area (Å²) in [7, 11) is 0. The van der Waals surface area contributed by atoms with Crippen molar-refractivity contribution in [2.45, 2.75) is 0 Å². The molecule has 0 fully saturated rings. The molecule has 2 nitrogen and oxygen atoms in total. The number of aromatic amines is 1. The molecule has 0 aliphatic rings. The molecule has 0 bridgehead atoms. The Bertz CT molecular complexity index is 1020. The quantitative estimate of drug-likeness (QED) is 0.437. The summed E-state index contributed by atoms with van der Waals surface area (Å²) in [5.41, 5.74) is 1.36. The third-order valence-electron chi connectivity index (χ3n) is 3.08. The Morgan fingerprint density at radius 1 is 0.864 bits per heavy atom. The molecule has 0 aliphatic carbocycles. The van der Waals surface area contributed by atoms with Crippen molar-refractivity contribution in [3.05, 3.63) is 59.8 Å². The highest BCUT2D eigenvalue weighted by atomic mass is 35.5. The first-order valence-electron chi connectivity index (χ1n) is 5.98. The normalized spacial score (nSPS) is 11.1. The summed E-state index contributed by atoms with van der Waals surface area (Å²) in [6.07, 6.45) is 0. The van der Waals surface area contributed by atoms with E-state index in [1.807, 2.05) is 0 Å². The first-order chi connectivity index (χ1) is 10.4. The van der Waals surface area contributed by atoms with E-state index in [9.17, 15) is 0 Å². The van der Waals surface area contributed by atoms with Crippen molar-refractivity contribution in [2.75, 3.05) is 0 Å². The zero-order valence-corrected chi connectivity index (χ0v) is 15.3. The van der Waals surface area contributed by atoms with E-state index in [0.29, 0.717) is 46.1 Å². The van der Waals surface area contributed by atoms with E-state index >= 15 is 0 Å². The first-order valence-corrected chi connectivity index (χ1v) is 8.31. The van der Waals surface area contributed by atoms with Gasteiger partial charge in [0.1, 0.15) is 4.64 Å². The Morgan fingerprint density at radius 2 is 1.59 bits per heavy atom. The van der Waals surface area contributed by atoms with Crippen LogP contribution in [0.4, 0.5) is 0 Å². The molecule has 2 aromatic carbocycles. The lowest BCUT2D eigenvalue weighted by Crippen LogP contribution is -2.02. The van der Waals surface area contributed by atoms with Gasteiger partial charge in [-0.3, -0.25) is 4.57 Å². The van der Waals surface area contributed by atoms with E-state index in [2.05, 4.69) is 4.98 Å². The molecule has 0 unspecified atom stereocenters. The van der Waals surface area contributed by atoms with Gasteiger partial charge in [0.05, 0.1) is 26.3 Å². The van der Waals surface area contributed by atoms with Crippen molar-refractivity contribution in [3.63, 3.8) is 0 Å². The molecule has 1 aromatic heterocycles. The Kier molecular flexibility index (Phi) is 4.52. The molecule has 0 aliphatic heterocycles. The number of nitrogens with zero attached hydrogens (tertiary/aromatic N) is 1. The molecule has 0 saturated heterocycles. The number of fused-ring (bicyclic) bond motifs is 1. The smallest absolute Gasteiger partial charge is 0.183 e. The highest BCUT2D eigenvalue weighted by Gasteiger charge is 2.10. The van der Waals surface area contributed by atoms with Crippen molar-refractivity contribution < 1.29 is 0 Å². The zero-order chi connectivity index (χ0) is 16.0. The fourth-order valence-electron chi connectivity index (χ4n) is 2.10. The Labute approximate surface area is 156 Å². The van der Waals surface area contributed by atoms with Crippen LogP contribution in [0.5, 0.6) is 0 Å². The molecule has 1 N–H and O–H groups in total. The maximum atomic E-state index is 6.19. The maximum absolute atomic E-state index is 6.19. The van der Waals surface area contributed by atoms with E-state index in [1.54, 1.807) is 34.9 Å². The van der Waals surface area contributed by atoms with Crippen LogP contribution in [0.1, 0.15) is 0 Å². The molecule has 8 heteroatoms. The van der Waals surface area contributed by atoms with E-state index in [-0.39, 0.29) is 0 Å². The van der Waals surface area contributed by atoms with E-state index in [4.69, 9.17) is 70.8 Å². The minimum absolute atomic E-state index is 0.403. The van der Waals surface area contributed by atoms with Crippen LogP contribution in [0.3, 0.4) is 0 Å². The number of aromatic nitrogens is 2. The number of hydrogen-bond donors (Lipinski definition) is 1. The van der Waals surface area contributed by atoms with Crippen LogP contribution < -0.4 is 0 Å². The van der Waals surface area contributed by atoms with Crippen LogP contribution in [0.2, 0.25) is 20.1 Å². The number of halogens is 4. The monoisotopic (exact) mass is 406 g/mol. The Morgan fingerprint density at radius 3 is 2.27 bits per heavy atom. The standard InChI is InChI=1S/C14H6Cl4N2S2/c15-6-3-8-12(11(18)4-6)19-14(22)20(13(8)21)7-1-2-9(16)10(17)5-7/h1-5H,(H,19,22). The van der Waals surface area contributed by atoms with Crippen LogP contribution in [-0.2, 0) is 0 Å². The summed E-state index contributed by atoms with van der Waals surface area (Å²) >= 11 is 35.2. The van der Waals surface area contributed by atoms with E-state index < -0.39 is 0 Å². The highest BCUT2D eigenvalue weighted by molar-refractivity contribution is 7.72. The van der Waals surface area contributed by atoms with Crippen molar-refractivity contribution >= 4 is 81.7 Å². The van der Waals surface area contributed by atoms with Crippen LogP contribution in [0.15, 0.2) is 30.3 Å². The lowest BCUT2D eigenvalue weighted by atomic mass is 10.2. The largest absolute Gasteiger partial charge is 0.330 e. The second-order valence-corrected chi connectivity index (χ2v) is 6.91. The molecular weight excluding hydrogens is 402 g/mol. The molecule has 0 amide bonds. The third-order valence-corrected chi connectivity index (χ3v) is 5.03. The number of H-pyrrole nitrogens is 1. The minimum Gasteiger partial charge on any atom is -0.330 e. The lowest BCUT2D eigenvalue weighted by Gasteiger charge is -2.12. The van der Waals surface area contributed by atoms with Crippen LogP contribution >= 0.6 is 70.8 Å². The molecule has 112 valence electrons. The average Bonchev–Trinajstić information content (AvgIpc) is 2.44.